The summed E-state index contributed by atoms with van der Waals surface area (Å²) < 4.78 is 0. The van der Waals surface area contributed by atoms with Gasteiger partial charge in [0.05, 0.1) is 12.6 Å². The zero-order valence-electron chi connectivity index (χ0n) is 13.3. The van der Waals surface area contributed by atoms with Crippen LogP contribution in [0.1, 0.15) is 51.6 Å². The monoisotopic (exact) mass is 290 g/mol. The van der Waals surface area contributed by atoms with Crippen molar-refractivity contribution in [3.63, 3.8) is 0 Å². The number of carbonyl (C=O) groups is 2. The Kier molecular flexibility index (Phi) is 7.51. The van der Waals surface area contributed by atoms with Gasteiger partial charge in [-0.2, -0.15) is 0 Å². The Morgan fingerprint density at radius 3 is 2.43 bits per heavy atom. The molecular weight excluding hydrogens is 264 g/mol. The number of unbranched alkanes of at least 4 members (excludes halogenated alkanes) is 2. The summed E-state index contributed by atoms with van der Waals surface area (Å²) in [4.78, 5) is 25.3. The van der Waals surface area contributed by atoms with E-state index in [1.807, 2.05) is 37.3 Å². The van der Waals surface area contributed by atoms with Crippen molar-refractivity contribution in [2.24, 2.45) is 0 Å². The largest absolute Gasteiger partial charge is 0.348 e. The van der Waals surface area contributed by atoms with Crippen LogP contribution in [0.15, 0.2) is 30.3 Å². The first kappa shape index (κ1) is 17.2. The van der Waals surface area contributed by atoms with Crippen LogP contribution in [0.25, 0.3) is 0 Å². The second-order valence-electron chi connectivity index (χ2n) is 5.35. The van der Waals surface area contributed by atoms with Crippen LogP contribution in [0, 0.1) is 0 Å². The lowest BCUT2D eigenvalue weighted by molar-refractivity contribution is -0.134. The van der Waals surface area contributed by atoms with Crippen LogP contribution in [0.2, 0.25) is 0 Å². The van der Waals surface area contributed by atoms with Gasteiger partial charge in [0.25, 0.3) is 0 Å². The van der Waals surface area contributed by atoms with Crippen molar-refractivity contribution in [2.45, 2.75) is 46.1 Å². The number of hydrogen-bond donors (Lipinski definition) is 1. The number of nitrogens with zero attached hydrogens (tertiary/aromatic N) is 1. The van der Waals surface area contributed by atoms with Crippen LogP contribution in [0.5, 0.6) is 0 Å². The van der Waals surface area contributed by atoms with E-state index in [2.05, 4.69) is 12.2 Å². The lowest BCUT2D eigenvalue weighted by Crippen LogP contribution is -2.41. The highest BCUT2D eigenvalue weighted by Gasteiger charge is 2.15. The second kappa shape index (κ2) is 9.16. The zero-order valence-corrected chi connectivity index (χ0v) is 13.3. The Morgan fingerprint density at radius 1 is 1.19 bits per heavy atom. The molecule has 0 aliphatic heterocycles. The summed E-state index contributed by atoms with van der Waals surface area (Å²) in [6.45, 7) is 6.36. The third-order valence-electron chi connectivity index (χ3n) is 3.49. The van der Waals surface area contributed by atoms with E-state index in [0.29, 0.717) is 6.54 Å². The Morgan fingerprint density at radius 2 is 1.86 bits per heavy atom. The molecule has 1 rings (SSSR count). The Labute approximate surface area is 127 Å². The summed E-state index contributed by atoms with van der Waals surface area (Å²) in [6, 6.07) is 9.76. The molecule has 116 valence electrons. The molecule has 1 atom stereocenters. The number of amides is 2. The van der Waals surface area contributed by atoms with Gasteiger partial charge in [-0.3, -0.25) is 9.59 Å². The zero-order chi connectivity index (χ0) is 15.7. The molecule has 0 heterocycles. The first-order chi connectivity index (χ1) is 10.0. The molecular formula is C17H26N2O2. The van der Waals surface area contributed by atoms with Gasteiger partial charge in [0.1, 0.15) is 0 Å². The predicted octanol–water partition coefficient (Wildman–Crippen LogP) is 2.90. The van der Waals surface area contributed by atoms with Gasteiger partial charge in [-0.15, -0.1) is 0 Å². The normalized spacial score (nSPS) is 11.8. The number of hydrogen-bond acceptors (Lipinski definition) is 2. The smallest absolute Gasteiger partial charge is 0.240 e. The molecule has 0 saturated carbocycles. The van der Waals surface area contributed by atoms with Gasteiger partial charge in [0.2, 0.25) is 11.8 Å². The molecule has 0 spiro atoms. The molecule has 0 fully saturated rings. The highest BCUT2D eigenvalue weighted by molar-refractivity contribution is 5.84. The van der Waals surface area contributed by atoms with Crippen LogP contribution in [0.3, 0.4) is 0 Å². The summed E-state index contributed by atoms with van der Waals surface area (Å²) >= 11 is 0. The van der Waals surface area contributed by atoms with Crippen LogP contribution >= 0.6 is 0 Å². The Balaban J connectivity index is 2.48. The molecule has 1 unspecified atom stereocenters. The number of carbonyl (C=O) groups excluding carboxylic acids is 2. The van der Waals surface area contributed by atoms with E-state index >= 15 is 0 Å². The van der Waals surface area contributed by atoms with Crippen LogP contribution < -0.4 is 5.32 Å². The molecule has 2 amide bonds. The molecule has 0 radical (unpaired) electrons. The van der Waals surface area contributed by atoms with Gasteiger partial charge < -0.3 is 10.2 Å². The first-order valence-electron chi connectivity index (χ1n) is 7.64. The fraction of sp³-hybridized carbons (Fsp3) is 0.529. The molecule has 0 aliphatic rings. The van der Waals surface area contributed by atoms with Crippen LogP contribution in [0.4, 0.5) is 0 Å². The maximum absolute atomic E-state index is 12.1. The maximum atomic E-state index is 12.1. The fourth-order valence-corrected chi connectivity index (χ4v) is 2.19. The van der Waals surface area contributed by atoms with Gasteiger partial charge in [0.15, 0.2) is 0 Å². The van der Waals surface area contributed by atoms with Crippen molar-refractivity contribution in [2.75, 3.05) is 13.1 Å². The summed E-state index contributed by atoms with van der Waals surface area (Å²) in [5, 5.41) is 2.94. The van der Waals surface area contributed by atoms with E-state index in [9.17, 15) is 9.59 Å². The third kappa shape index (κ3) is 6.43. The van der Waals surface area contributed by atoms with Crippen LogP contribution in [-0.4, -0.2) is 29.8 Å². The number of benzene rings is 1. The average Bonchev–Trinajstić information content (AvgIpc) is 2.47. The topological polar surface area (TPSA) is 49.4 Å². The SMILES string of the molecule is CCCCCN(CC(=O)NC(C)c1ccccc1)C(C)=O. The minimum atomic E-state index is -0.113. The molecule has 21 heavy (non-hydrogen) atoms. The van der Waals surface area contributed by atoms with Gasteiger partial charge in [-0.1, -0.05) is 50.1 Å². The highest BCUT2D eigenvalue weighted by Crippen LogP contribution is 2.11. The minimum absolute atomic E-state index is 0.0476. The van der Waals surface area contributed by atoms with Gasteiger partial charge in [0, 0.05) is 13.5 Å². The average molecular weight is 290 g/mol. The lowest BCUT2D eigenvalue weighted by Gasteiger charge is -2.22. The minimum Gasteiger partial charge on any atom is -0.348 e. The van der Waals surface area contributed by atoms with E-state index in [1.54, 1.807) is 4.90 Å². The highest BCUT2D eigenvalue weighted by atomic mass is 16.2. The van der Waals surface area contributed by atoms with Gasteiger partial charge >= 0.3 is 0 Å². The van der Waals surface area contributed by atoms with Crippen LogP contribution in [-0.2, 0) is 9.59 Å². The van der Waals surface area contributed by atoms with Crippen molar-refractivity contribution in [1.82, 2.24) is 10.2 Å². The standard InChI is InChI=1S/C17H26N2O2/c1-4-5-9-12-19(15(3)20)13-17(21)18-14(2)16-10-7-6-8-11-16/h6-8,10-11,14H,4-5,9,12-13H2,1-3H3,(H,18,21). The van der Waals surface area contributed by atoms with Crippen molar-refractivity contribution in [1.29, 1.82) is 0 Å². The summed E-state index contributed by atoms with van der Waals surface area (Å²) in [5.41, 5.74) is 1.06. The van der Waals surface area contributed by atoms with Crippen molar-refractivity contribution >= 4 is 11.8 Å². The Bertz CT molecular complexity index is 445. The van der Waals surface area contributed by atoms with Crippen molar-refractivity contribution in [3.05, 3.63) is 35.9 Å². The molecule has 0 bridgehead atoms. The van der Waals surface area contributed by atoms with Gasteiger partial charge in [-0.25, -0.2) is 0 Å². The molecule has 0 saturated heterocycles. The molecule has 4 heteroatoms. The van der Waals surface area contributed by atoms with E-state index in [4.69, 9.17) is 0 Å². The Hall–Kier alpha value is -1.84. The third-order valence-corrected chi connectivity index (χ3v) is 3.49. The molecule has 1 N–H and O–H groups in total. The predicted molar refractivity (Wildman–Crippen MR) is 84.8 cm³/mol. The van der Waals surface area contributed by atoms with Crippen molar-refractivity contribution in [3.8, 4) is 0 Å². The van der Waals surface area contributed by atoms with Crippen molar-refractivity contribution < 1.29 is 9.59 Å². The lowest BCUT2D eigenvalue weighted by atomic mass is 10.1. The molecule has 0 aliphatic carbocycles. The summed E-state index contributed by atoms with van der Waals surface area (Å²) in [7, 11) is 0. The number of nitrogens with one attached hydrogen (secondary N) is 1. The van der Waals surface area contributed by atoms with Gasteiger partial charge in [-0.05, 0) is 18.9 Å². The quantitative estimate of drug-likeness (QED) is 0.748. The number of rotatable bonds is 8. The van der Waals surface area contributed by atoms with E-state index < -0.39 is 0 Å². The first-order valence-corrected chi connectivity index (χ1v) is 7.64. The summed E-state index contributed by atoms with van der Waals surface area (Å²) in [6.07, 6.45) is 3.12. The molecule has 1 aromatic rings. The molecule has 4 nitrogen and oxygen atoms in total. The fourth-order valence-electron chi connectivity index (χ4n) is 2.19. The van der Waals surface area contributed by atoms with E-state index in [-0.39, 0.29) is 24.4 Å². The summed E-state index contributed by atoms with van der Waals surface area (Å²) in [5.74, 6) is -0.160. The molecule has 0 aromatic heterocycles. The maximum Gasteiger partial charge on any atom is 0.240 e. The molecule has 1 aromatic carbocycles. The van der Waals surface area contributed by atoms with E-state index in [1.165, 1.54) is 6.92 Å². The van der Waals surface area contributed by atoms with E-state index in [0.717, 1.165) is 24.8 Å². The second-order valence-corrected chi connectivity index (χ2v) is 5.35.